The molecule has 1 aromatic heterocycles. The lowest BCUT2D eigenvalue weighted by atomic mass is 10.2. The van der Waals surface area contributed by atoms with E-state index >= 15 is 0 Å². The third kappa shape index (κ3) is 1.86. The van der Waals surface area contributed by atoms with Crippen LogP contribution >= 0.6 is 15.9 Å². The van der Waals surface area contributed by atoms with Gasteiger partial charge in [-0.2, -0.15) is 0 Å². The lowest BCUT2D eigenvalue weighted by molar-refractivity contribution is 0.627. The molecule has 0 amide bonds. The highest BCUT2D eigenvalue weighted by atomic mass is 79.9. The van der Waals surface area contributed by atoms with Crippen LogP contribution in [0.15, 0.2) is 40.9 Å². The number of anilines is 1. The summed E-state index contributed by atoms with van der Waals surface area (Å²) in [4.78, 5) is 7.62. The molecule has 18 heavy (non-hydrogen) atoms. The molecule has 0 aliphatic heterocycles. The molecule has 0 saturated carbocycles. The standard InChI is InChI=1S/C13H9BrFN3/c14-10-5-7(15)1-3-9(10)13-17-11-4-2-8(16)6-12(11)18-13/h1-6H,16H2,(H,17,18). The molecule has 1 heterocycles. The van der Waals surface area contributed by atoms with E-state index < -0.39 is 0 Å². The molecule has 5 heteroatoms. The molecule has 0 atom stereocenters. The Kier molecular flexibility index (Phi) is 2.56. The van der Waals surface area contributed by atoms with Gasteiger partial charge in [-0.15, -0.1) is 0 Å². The summed E-state index contributed by atoms with van der Waals surface area (Å²) in [6.07, 6.45) is 0. The second-order valence-corrected chi connectivity index (χ2v) is 4.84. The number of nitrogens with one attached hydrogen (secondary N) is 1. The monoisotopic (exact) mass is 305 g/mol. The maximum absolute atomic E-state index is 13.0. The number of nitrogens with two attached hydrogens (primary N) is 1. The number of nitrogens with zero attached hydrogens (tertiary/aromatic N) is 1. The number of halogens is 2. The first kappa shape index (κ1) is 11.2. The van der Waals surface area contributed by atoms with Gasteiger partial charge >= 0.3 is 0 Å². The van der Waals surface area contributed by atoms with Crippen molar-refractivity contribution in [3.05, 3.63) is 46.7 Å². The molecular weight excluding hydrogens is 297 g/mol. The van der Waals surface area contributed by atoms with Crippen molar-refractivity contribution in [2.45, 2.75) is 0 Å². The van der Waals surface area contributed by atoms with Gasteiger partial charge in [0.25, 0.3) is 0 Å². The number of fused-ring (bicyclic) bond motifs is 1. The fraction of sp³-hybridized carbons (Fsp3) is 0. The summed E-state index contributed by atoms with van der Waals surface area (Å²) in [6, 6.07) is 9.97. The molecule has 3 N–H and O–H groups in total. The summed E-state index contributed by atoms with van der Waals surface area (Å²) in [5.74, 6) is 0.397. The first-order valence-corrected chi connectivity index (χ1v) is 6.13. The summed E-state index contributed by atoms with van der Waals surface area (Å²) in [6.45, 7) is 0. The average Bonchev–Trinajstić information content (AvgIpc) is 2.71. The topological polar surface area (TPSA) is 54.7 Å². The van der Waals surface area contributed by atoms with E-state index in [-0.39, 0.29) is 5.82 Å². The Labute approximate surface area is 111 Å². The maximum Gasteiger partial charge on any atom is 0.139 e. The molecule has 3 nitrogen and oxygen atoms in total. The summed E-state index contributed by atoms with van der Waals surface area (Å²) >= 11 is 3.33. The van der Waals surface area contributed by atoms with Crippen molar-refractivity contribution in [1.29, 1.82) is 0 Å². The Balaban J connectivity index is 2.19. The van der Waals surface area contributed by atoms with E-state index in [0.29, 0.717) is 16.0 Å². The van der Waals surface area contributed by atoms with E-state index in [1.54, 1.807) is 12.1 Å². The molecule has 2 aromatic carbocycles. The smallest absolute Gasteiger partial charge is 0.139 e. The summed E-state index contributed by atoms with van der Waals surface area (Å²) in [5, 5.41) is 0. The number of nitrogen functional groups attached to an aromatic ring is 1. The van der Waals surface area contributed by atoms with E-state index in [9.17, 15) is 4.39 Å². The first-order valence-electron chi connectivity index (χ1n) is 5.34. The number of benzene rings is 2. The van der Waals surface area contributed by atoms with Crippen LogP contribution < -0.4 is 5.73 Å². The summed E-state index contributed by atoms with van der Waals surface area (Å²) in [7, 11) is 0. The van der Waals surface area contributed by atoms with Gasteiger partial charge in [-0.3, -0.25) is 0 Å². The van der Waals surface area contributed by atoms with Crippen molar-refractivity contribution >= 4 is 32.7 Å². The van der Waals surface area contributed by atoms with Gasteiger partial charge in [0, 0.05) is 15.7 Å². The first-order chi connectivity index (χ1) is 8.63. The molecule has 0 spiro atoms. The van der Waals surface area contributed by atoms with E-state index in [1.165, 1.54) is 12.1 Å². The van der Waals surface area contributed by atoms with Crippen LogP contribution in [0.3, 0.4) is 0 Å². The van der Waals surface area contributed by atoms with Gasteiger partial charge in [0.2, 0.25) is 0 Å². The van der Waals surface area contributed by atoms with Crippen LogP contribution in [0.1, 0.15) is 0 Å². The van der Waals surface area contributed by atoms with Crippen LogP contribution in [0.4, 0.5) is 10.1 Å². The molecule has 0 saturated heterocycles. The third-order valence-electron chi connectivity index (χ3n) is 2.69. The number of aromatic amines is 1. The minimum Gasteiger partial charge on any atom is -0.399 e. The van der Waals surface area contributed by atoms with Crippen molar-refractivity contribution in [1.82, 2.24) is 9.97 Å². The molecular formula is C13H9BrFN3. The third-order valence-corrected chi connectivity index (χ3v) is 3.35. The Hall–Kier alpha value is -1.88. The number of aromatic nitrogens is 2. The number of hydrogen-bond donors (Lipinski definition) is 2. The second-order valence-electron chi connectivity index (χ2n) is 3.99. The Morgan fingerprint density at radius 1 is 1.17 bits per heavy atom. The highest BCUT2D eigenvalue weighted by molar-refractivity contribution is 9.10. The number of hydrogen-bond acceptors (Lipinski definition) is 2. The second kappa shape index (κ2) is 4.10. The van der Waals surface area contributed by atoms with E-state index in [0.717, 1.165) is 16.6 Å². The van der Waals surface area contributed by atoms with Gasteiger partial charge in [0.05, 0.1) is 11.0 Å². The van der Waals surface area contributed by atoms with Gasteiger partial charge in [-0.1, -0.05) is 0 Å². The van der Waals surface area contributed by atoms with E-state index in [2.05, 4.69) is 25.9 Å². The fourth-order valence-corrected chi connectivity index (χ4v) is 2.37. The number of H-pyrrole nitrogens is 1. The minimum absolute atomic E-state index is 0.286. The van der Waals surface area contributed by atoms with Crippen LogP contribution in [0.5, 0.6) is 0 Å². The zero-order chi connectivity index (χ0) is 12.7. The largest absolute Gasteiger partial charge is 0.399 e. The zero-order valence-electron chi connectivity index (χ0n) is 9.24. The SMILES string of the molecule is Nc1ccc2nc(-c3ccc(F)cc3Br)[nH]c2c1. The molecule has 0 aliphatic carbocycles. The summed E-state index contributed by atoms with van der Waals surface area (Å²) < 4.78 is 13.7. The van der Waals surface area contributed by atoms with Crippen LogP contribution in [-0.4, -0.2) is 9.97 Å². The number of imidazole rings is 1. The quantitative estimate of drug-likeness (QED) is 0.673. The normalized spacial score (nSPS) is 11.0. The van der Waals surface area contributed by atoms with Gasteiger partial charge in [0.15, 0.2) is 0 Å². The van der Waals surface area contributed by atoms with Crippen molar-refractivity contribution in [3.63, 3.8) is 0 Å². The molecule has 0 bridgehead atoms. The van der Waals surface area contributed by atoms with Crippen molar-refractivity contribution in [2.24, 2.45) is 0 Å². The minimum atomic E-state index is -0.286. The van der Waals surface area contributed by atoms with Gasteiger partial charge < -0.3 is 10.7 Å². The Morgan fingerprint density at radius 2 is 2.00 bits per heavy atom. The van der Waals surface area contributed by atoms with Crippen molar-refractivity contribution in [2.75, 3.05) is 5.73 Å². The molecule has 0 fully saturated rings. The zero-order valence-corrected chi connectivity index (χ0v) is 10.8. The van der Waals surface area contributed by atoms with E-state index in [1.807, 2.05) is 12.1 Å². The predicted molar refractivity (Wildman–Crippen MR) is 73.6 cm³/mol. The average molecular weight is 306 g/mol. The highest BCUT2D eigenvalue weighted by Crippen LogP contribution is 2.28. The molecule has 0 unspecified atom stereocenters. The lowest BCUT2D eigenvalue weighted by Crippen LogP contribution is -1.84. The maximum atomic E-state index is 13.0. The van der Waals surface area contributed by atoms with E-state index in [4.69, 9.17) is 5.73 Å². The van der Waals surface area contributed by atoms with Gasteiger partial charge in [-0.05, 0) is 52.3 Å². The molecule has 3 aromatic rings. The fourth-order valence-electron chi connectivity index (χ4n) is 1.84. The van der Waals surface area contributed by atoms with Crippen LogP contribution in [0, 0.1) is 5.82 Å². The van der Waals surface area contributed by atoms with Crippen LogP contribution in [0.25, 0.3) is 22.4 Å². The molecule has 3 rings (SSSR count). The Bertz CT molecular complexity index is 736. The van der Waals surface area contributed by atoms with Crippen LogP contribution in [-0.2, 0) is 0 Å². The van der Waals surface area contributed by atoms with Crippen LogP contribution in [0.2, 0.25) is 0 Å². The van der Waals surface area contributed by atoms with Gasteiger partial charge in [0.1, 0.15) is 11.6 Å². The van der Waals surface area contributed by atoms with Gasteiger partial charge in [-0.25, -0.2) is 9.37 Å². The number of rotatable bonds is 1. The molecule has 0 radical (unpaired) electrons. The van der Waals surface area contributed by atoms with Crippen molar-refractivity contribution < 1.29 is 4.39 Å². The lowest BCUT2D eigenvalue weighted by Gasteiger charge is -2.00. The summed E-state index contributed by atoms with van der Waals surface area (Å²) in [5.41, 5.74) is 8.89. The Morgan fingerprint density at radius 3 is 2.78 bits per heavy atom. The highest BCUT2D eigenvalue weighted by Gasteiger charge is 2.09. The predicted octanol–water partition coefficient (Wildman–Crippen LogP) is 3.71. The molecule has 90 valence electrons. The van der Waals surface area contributed by atoms with Crippen molar-refractivity contribution in [3.8, 4) is 11.4 Å². The molecule has 0 aliphatic rings.